The molecule has 4 nitrogen and oxygen atoms in total. The molecule has 0 aliphatic carbocycles. The average Bonchev–Trinajstić information content (AvgIpc) is 2.59. The monoisotopic (exact) mass is 234 g/mol. The number of carbonyl (C=O) groups is 1. The van der Waals surface area contributed by atoms with E-state index in [9.17, 15) is 4.79 Å². The van der Waals surface area contributed by atoms with Gasteiger partial charge in [0.05, 0.1) is 12.1 Å². The molecule has 1 aromatic rings. The molecule has 2 atom stereocenters. The summed E-state index contributed by atoms with van der Waals surface area (Å²) in [6, 6.07) is 10.1. The number of hydrogen-bond acceptors (Lipinski definition) is 2. The molecule has 0 saturated carbocycles. The summed E-state index contributed by atoms with van der Waals surface area (Å²) in [7, 11) is 0. The van der Waals surface area contributed by atoms with Gasteiger partial charge in [-0.2, -0.15) is 0 Å². The molecule has 0 bridgehead atoms. The van der Waals surface area contributed by atoms with Crippen molar-refractivity contribution in [2.24, 2.45) is 0 Å². The second-order valence-electron chi connectivity index (χ2n) is 4.42. The van der Waals surface area contributed by atoms with Gasteiger partial charge in [-0.15, -0.1) is 0 Å². The van der Waals surface area contributed by atoms with Crippen LogP contribution in [0.5, 0.6) is 0 Å². The molecule has 1 aliphatic heterocycles. The van der Waals surface area contributed by atoms with E-state index in [0.717, 1.165) is 5.56 Å². The Labute approximate surface area is 101 Å². The maximum absolute atomic E-state index is 11.8. The van der Waals surface area contributed by atoms with Gasteiger partial charge in [0.2, 0.25) is 0 Å². The van der Waals surface area contributed by atoms with Crippen LogP contribution in [0.1, 0.15) is 18.9 Å². The fraction of sp³-hybridized carbons (Fsp3) is 0.462. The van der Waals surface area contributed by atoms with Crippen molar-refractivity contribution in [3.05, 3.63) is 35.9 Å². The van der Waals surface area contributed by atoms with Crippen LogP contribution in [-0.4, -0.2) is 34.7 Å². The zero-order chi connectivity index (χ0) is 12.3. The largest absolute Gasteiger partial charge is 0.396 e. The van der Waals surface area contributed by atoms with Crippen molar-refractivity contribution in [2.45, 2.75) is 32.0 Å². The van der Waals surface area contributed by atoms with Crippen LogP contribution >= 0.6 is 0 Å². The van der Waals surface area contributed by atoms with Gasteiger partial charge in [0, 0.05) is 13.2 Å². The molecule has 2 amide bonds. The van der Waals surface area contributed by atoms with E-state index in [2.05, 4.69) is 5.32 Å². The van der Waals surface area contributed by atoms with Crippen molar-refractivity contribution in [3.8, 4) is 0 Å². The number of rotatable bonds is 4. The Kier molecular flexibility index (Phi) is 3.64. The van der Waals surface area contributed by atoms with Crippen molar-refractivity contribution >= 4 is 6.03 Å². The van der Waals surface area contributed by atoms with E-state index in [1.165, 1.54) is 0 Å². The Bertz CT molecular complexity index is 380. The van der Waals surface area contributed by atoms with Crippen LogP contribution in [0, 0.1) is 0 Å². The molecule has 1 aliphatic rings. The predicted octanol–water partition coefficient (Wildman–Crippen LogP) is 1.35. The summed E-state index contributed by atoms with van der Waals surface area (Å²) in [5.74, 6) is 0. The van der Waals surface area contributed by atoms with Gasteiger partial charge in [-0.05, 0) is 18.9 Å². The summed E-state index contributed by atoms with van der Waals surface area (Å²) in [6.45, 7) is 2.74. The molecule has 0 spiro atoms. The van der Waals surface area contributed by atoms with E-state index in [1.54, 1.807) is 0 Å². The number of benzene rings is 1. The van der Waals surface area contributed by atoms with E-state index in [4.69, 9.17) is 5.11 Å². The minimum absolute atomic E-state index is 0.0418. The molecule has 1 fully saturated rings. The standard InChI is InChI=1S/C13H18N2O2/c1-10-12(7-8-16)14-13(17)15(10)9-11-5-3-2-4-6-11/h2-6,10,12,16H,7-9H2,1H3,(H,14,17)/t10-,12-/m1/s1. The molecule has 1 saturated heterocycles. The Hall–Kier alpha value is -1.55. The van der Waals surface area contributed by atoms with E-state index >= 15 is 0 Å². The highest BCUT2D eigenvalue weighted by Gasteiger charge is 2.35. The van der Waals surface area contributed by atoms with Gasteiger partial charge in [0.25, 0.3) is 0 Å². The van der Waals surface area contributed by atoms with Crippen molar-refractivity contribution in [2.75, 3.05) is 6.61 Å². The van der Waals surface area contributed by atoms with E-state index in [0.29, 0.717) is 13.0 Å². The number of nitrogens with zero attached hydrogens (tertiary/aromatic N) is 1. The molecule has 1 aromatic carbocycles. The van der Waals surface area contributed by atoms with Gasteiger partial charge in [0.15, 0.2) is 0 Å². The third kappa shape index (κ3) is 2.58. The first-order valence-electron chi connectivity index (χ1n) is 5.94. The average molecular weight is 234 g/mol. The lowest BCUT2D eigenvalue weighted by Gasteiger charge is -2.22. The molecule has 17 heavy (non-hydrogen) atoms. The van der Waals surface area contributed by atoms with Crippen LogP contribution in [0.2, 0.25) is 0 Å². The Morgan fingerprint density at radius 2 is 2.06 bits per heavy atom. The van der Waals surface area contributed by atoms with Crippen LogP contribution in [-0.2, 0) is 6.54 Å². The first-order valence-corrected chi connectivity index (χ1v) is 5.94. The van der Waals surface area contributed by atoms with Crippen molar-refractivity contribution in [3.63, 3.8) is 0 Å². The lowest BCUT2D eigenvalue weighted by molar-refractivity contribution is 0.199. The first kappa shape index (κ1) is 11.9. The highest BCUT2D eigenvalue weighted by Crippen LogP contribution is 2.18. The van der Waals surface area contributed by atoms with E-state index < -0.39 is 0 Å². The van der Waals surface area contributed by atoms with Gasteiger partial charge in [-0.1, -0.05) is 30.3 Å². The molecule has 1 heterocycles. The topological polar surface area (TPSA) is 52.6 Å². The Balaban J connectivity index is 2.04. The highest BCUT2D eigenvalue weighted by atomic mass is 16.3. The summed E-state index contributed by atoms with van der Waals surface area (Å²) in [4.78, 5) is 13.6. The molecule has 2 rings (SSSR count). The summed E-state index contributed by atoms with van der Waals surface area (Å²) in [5, 5.41) is 11.8. The molecule has 92 valence electrons. The fourth-order valence-corrected chi connectivity index (χ4v) is 2.21. The number of nitrogens with one attached hydrogen (secondary N) is 1. The second-order valence-corrected chi connectivity index (χ2v) is 4.42. The lowest BCUT2D eigenvalue weighted by atomic mass is 10.1. The van der Waals surface area contributed by atoms with Gasteiger partial charge in [-0.25, -0.2) is 4.79 Å². The normalized spacial score (nSPS) is 23.9. The minimum Gasteiger partial charge on any atom is -0.396 e. The van der Waals surface area contributed by atoms with E-state index in [1.807, 2.05) is 42.2 Å². The van der Waals surface area contributed by atoms with Crippen LogP contribution in [0.25, 0.3) is 0 Å². The van der Waals surface area contributed by atoms with Crippen LogP contribution in [0.3, 0.4) is 0 Å². The Morgan fingerprint density at radius 1 is 1.35 bits per heavy atom. The van der Waals surface area contributed by atoms with Gasteiger partial charge >= 0.3 is 6.03 Å². The Morgan fingerprint density at radius 3 is 2.71 bits per heavy atom. The van der Waals surface area contributed by atoms with Crippen LogP contribution < -0.4 is 5.32 Å². The highest BCUT2D eigenvalue weighted by molar-refractivity contribution is 5.77. The zero-order valence-corrected chi connectivity index (χ0v) is 9.97. The maximum atomic E-state index is 11.8. The van der Waals surface area contributed by atoms with Gasteiger partial charge in [-0.3, -0.25) is 0 Å². The molecule has 0 unspecified atom stereocenters. The fourth-order valence-electron chi connectivity index (χ4n) is 2.21. The third-order valence-corrected chi connectivity index (χ3v) is 3.28. The SMILES string of the molecule is C[C@@H]1[C@@H](CCO)NC(=O)N1Cc1ccccc1. The quantitative estimate of drug-likeness (QED) is 0.826. The minimum atomic E-state index is -0.0418. The zero-order valence-electron chi connectivity index (χ0n) is 9.97. The molecule has 0 aromatic heterocycles. The molecule has 2 N–H and O–H groups in total. The summed E-state index contributed by atoms with van der Waals surface area (Å²) in [6.07, 6.45) is 0.609. The van der Waals surface area contributed by atoms with Crippen molar-refractivity contribution in [1.82, 2.24) is 10.2 Å². The van der Waals surface area contributed by atoms with Gasteiger partial charge < -0.3 is 15.3 Å². The number of hydrogen-bond donors (Lipinski definition) is 2. The molecule has 4 heteroatoms. The summed E-state index contributed by atoms with van der Waals surface area (Å²) < 4.78 is 0. The van der Waals surface area contributed by atoms with Crippen LogP contribution in [0.15, 0.2) is 30.3 Å². The maximum Gasteiger partial charge on any atom is 0.318 e. The number of carbonyl (C=O) groups excluding carboxylic acids is 1. The molecule has 0 radical (unpaired) electrons. The second kappa shape index (κ2) is 5.19. The number of aliphatic hydroxyl groups excluding tert-OH is 1. The van der Waals surface area contributed by atoms with E-state index in [-0.39, 0.29) is 24.7 Å². The van der Waals surface area contributed by atoms with Crippen molar-refractivity contribution in [1.29, 1.82) is 0 Å². The third-order valence-electron chi connectivity index (χ3n) is 3.28. The number of urea groups is 1. The van der Waals surface area contributed by atoms with Crippen molar-refractivity contribution < 1.29 is 9.90 Å². The van der Waals surface area contributed by atoms with Gasteiger partial charge in [0.1, 0.15) is 0 Å². The predicted molar refractivity (Wildman–Crippen MR) is 65.5 cm³/mol. The number of amides is 2. The molecular weight excluding hydrogens is 216 g/mol. The van der Waals surface area contributed by atoms with Crippen LogP contribution in [0.4, 0.5) is 4.79 Å². The summed E-state index contributed by atoms with van der Waals surface area (Å²) in [5.41, 5.74) is 1.12. The molecular formula is C13H18N2O2. The number of aliphatic hydroxyl groups is 1. The lowest BCUT2D eigenvalue weighted by Crippen LogP contribution is -2.34. The first-order chi connectivity index (χ1) is 8.22. The summed E-state index contributed by atoms with van der Waals surface area (Å²) >= 11 is 0. The smallest absolute Gasteiger partial charge is 0.318 e.